The molecule has 0 atom stereocenters. The Labute approximate surface area is 251 Å². The van der Waals surface area contributed by atoms with Crippen LogP contribution in [0.15, 0.2) is 25.4 Å². The van der Waals surface area contributed by atoms with Crippen molar-refractivity contribution in [1.82, 2.24) is 0 Å². The van der Waals surface area contributed by atoms with Gasteiger partial charge in [0.1, 0.15) is 0 Å². The van der Waals surface area contributed by atoms with Crippen LogP contribution in [0.5, 0.6) is 0 Å². The molecule has 0 aliphatic carbocycles. The Kier molecular flexibility index (Phi) is 18.4. The Morgan fingerprint density at radius 2 is 0.917 bits per heavy atom. The number of unbranched alkanes of at least 4 members (excludes halogenated alkanes) is 2. The quantitative estimate of drug-likeness (QED) is 0.105. The maximum absolute atomic E-state index is 11.8. The zero-order valence-corrected chi connectivity index (χ0v) is 27.9. The van der Waals surface area contributed by atoms with Gasteiger partial charge in [-0.3, -0.25) is 9.59 Å². The SMILES string of the molecule is CCCCSC1=C(SCCCC)SC(=C2SC(SCCC(=O)OCC)=C(SCCC(=O)OCC)S2)S1. The molecule has 0 aromatic rings. The highest BCUT2D eigenvalue weighted by atomic mass is 32.3. The first-order chi connectivity index (χ1) is 17.5. The van der Waals surface area contributed by atoms with Crippen molar-refractivity contribution >= 4 is 106 Å². The number of thioether (sulfide) groups is 8. The molecule has 0 aromatic carbocycles. The van der Waals surface area contributed by atoms with Crippen LogP contribution in [0.2, 0.25) is 0 Å². The number of rotatable bonds is 18. The van der Waals surface area contributed by atoms with Crippen LogP contribution in [0.1, 0.15) is 66.2 Å². The van der Waals surface area contributed by atoms with Gasteiger partial charge in [-0.05, 0) is 38.2 Å². The molecule has 2 aliphatic heterocycles. The van der Waals surface area contributed by atoms with Gasteiger partial charge in [-0.15, -0.1) is 47.0 Å². The van der Waals surface area contributed by atoms with Crippen molar-refractivity contribution in [3.63, 3.8) is 0 Å². The number of ether oxygens (including phenoxy) is 2. The van der Waals surface area contributed by atoms with Gasteiger partial charge in [0, 0.05) is 11.5 Å². The molecule has 0 saturated carbocycles. The maximum Gasteiger partial charge on any atom is 0.306 e. The third-order valence-corrected chi connectivity index (χ3v) is 16.1. The van der Waals surface area contributed by atoms with Gasteiger partial charge in [0.25, 0.3) is 0 Å². The zero-order chi connectivity index (χ0) is 26.2. The fraction of sp³-hybridized carbons (Fsp3) is 0.667. The normalized spacial score (nSPS) is 15.9. The highest BCUT2D eigenvalue weighted by molar-refractivity contribution is 8.45. The molecule has 0 spiro atoms. The van der Waals surface area contributed by atoms with Gasteiger partial charge in [0.2, 0.25) is 0 Å². The predicted molar refractivity (Wildman–Crippen MR) is 174 cm³/mol. The van der Waals surface area contributed by atoms with Crippen molar-refractivity contribution in [2.24, 2.45) is 0 Å². The average Bonchev–Trinajstić information content (AvgIpc) is 3.44. The van der Waals surface area contributed by atoms with Crippen molar-refractivity contribution in [3.05, 3.63) is 25.4 Å². The number of esters is 2. The van der Waals surface area contributed by atoms with Crippen LogP contribution in [-0.4, -0.2) is 48.2 Å². The molecule has 0 N–H and O–H groups in total. The summed E-state index contributed by atoms with van der Waals surface area (Å²) < 4.78 is 18.2. The molecule has 2 rings (SSSR count). The fourth-order valence-corrected chi connectivity index (χ4v) is 14.9. The second kappa shape index (κ2) is 19.9. The Balaban J connectivity index is 2.07. The highest BCUT2D eigenvalue weighted by Crippen LogP contribution is 2.66. The average molecular weight is 645 g/mol. The Morgan fingerprint density at radius 1 is 0.583 bits per heavy atom. The van der Waals surface area contributed by atoms with Crippen LogP contribution in [-0.2, 0) is 19.1 Å². The molecule has 0 aromatic heterocycles. The van der Waals surface area contributed by atoms with Crippen LogP contribution >= 0.6 is 94.1 Å². The summed E-state index contributed by atoms with van der Waals surface area (Å²) in [6, 6.07) is 0. The Hall–Kier alpha value is 0.960. The van der Waals surface area contributed by atoms with Crippen molar-refractivity contribution in [3.8, 4) is 0 Å². The van der Waals surface area contributed by atoms with Gasteiger partial charge in [-0.1, -0.05) is 73.7 Å². The molecule has 0 unspecified atom stereocenters. The molecule has 12 heteroatoms. The maximum atomic E-state index is 11.8. The fourth-order valence-electron chi connectivity index (χ4n) is 2.60. The van der Waals surface area contributed by atoms with E-state index in [-0.39, 0.29) is 11.9 Å². The summed E-state index contributed by atoms with van der Waals surface area (Å²) in [5.74, 6) is 3.43. The molecule has 0 amide bonds. The first kappa shape index (κ1) is 33.2. The van der Waals surface area contributed by atoms with Crippen LogP contribution < -0.4 is 0 Å². The van der Waals surface area contributed by atoms with E-state index in [0.717, 1.165) is 0 Å². The minimum absolute atomic E-state index is 0.148. The Morgan fingerprint density at radius 3 is 1.22 bits per heavy atom. The van der Waals surface area contributed by atoms with E-state index in [1.165, 1.54) is 62.6 Å². The number of carbonyl (C=O) groups is 2. The lowest BCUT2D eigenvalue weighted by molar-refractivity contribution is -0.143. The first-order valence-electron chi connectivity index (χ1n) is 12.3. The van der Waals surface area contributed by atoms with E-state index in [2.05, 4.69) is 13.8 Å². The molecule has 4 nitrogen and oxygen atoms in total. The summed E-state index contributed by atoms with van der Waals surface area (Å²) in [6.45, 7) is 9.00. The van der Waals surface area contributed by atoms with E-state index in [0.29, 0.717) is 37.6 Å². The van der Waals surface area contributed by atoms with Gasteiger partial charge < -0.3 is 9.47 Å². The smallest absolute Gasteiger partial charge is 0.306 e. The molecular formula is C24H36O4S8. The van der Waals surface area contributed by atoms with Crippen LogP contribution in [0, 0.1) is 0 Å². The molecule has 2 heterocycles. The zero-order valence-electron chi connectivity index (χ0n) is 21.4. The molecule has 36 heavy (non-hydrogen) atoms. The van der Waals surface area contributed by atoms with Gasteiger partial charge in [-0.25, -0.2) is 0 Å². The number of carbonyl (C=O) groups excluding carboxylic acids is 2. The summed E-state index contributed by atoms with van der Waals surface area (Å²) in [6.07, 6.45) is 5.73. The van der Waals surface area contributed by atoms with Crippen LogP contribution in [0.3, 0.4) is 0 Å². The molecule has 0 bridgehead atoms. The predicted octanol–water partition coefficient (Wildman–Crippen LogP) is 9.77. The summed E-state index contributed by atoms with van der Waals surface area (Å²) in [7, 11) is 0. The standard InChI is InChI=1S/C24H36O4S8/c1-5-9-13-29-19-20(30-14-10-6-2)34-23(33-19)24-35-21(31-15-11-17(25)27-7-3)22(36-24)32-16-12-18(26)28-8-4/h5-16H2,1-4H3. The van der Waals surface area contributed by atoms with Gasteiger partial charge in [0.15, 0.2) is 0 Å². The largest absolute Gasteiger partial charge is 0.466 e. The monoisotopic (exact) mass is 644 g/mol. The molecule has 2 aliphatic rings. The van der Waals surface area contributed by atoms with Crippen LogP contribution in [0.4, 0.5) is 0 Å². The summed E-state index contributed by atoms with van der Waals surface area (Å²) in [5.41, 5.74) is 0. The van der Waals surface area contributed by atoms with E-state index in [1.807, 2.05) is 84.4 Å². The van der Waals surface area contributed by atoms with E-state index in [9.17, 15) is 9.59 Å². The summed E-state index contributed by atoms with van der Waals surface area (Å²) in [5, 5.41) is 0. The third-order valence-electron chi connectivity index (χ3n) is 4.39. The van der Waals surface area contributed by atoms with E-state index in [1.54, 1.807) is 23.5 Å². The van der Waals surface area contributed by atoms with E-state index in [4.69, 9.17) is 9.47 Å². The molecular weight excluding hydrogens is 609 g/mol. The first-order valence-corrected chi connectivity index (χ1v) is 19.5. The van der Waals surface area contributed by atoms with E-state index < -0.39 is 0 Å². The van der Waals surface area contributed by atoms with Gasteiger partial charge in [-0.2, -0.15) is 0 Å². The lowest BCUT2D eigenvalue weighted by Gasteiger charge is -2.05. The van der Waals surface area contributed by atoms with E-state index >= 15 is 0 Å². The summed E-state index contributed by atoms with van der Waals surface area (Å²) >= 11 is 14.9. The van der Waals surface area contributed by atoms with Crippen molar-refractivity contribution in [1.29, 1.82) is 0 Å². The lowest BCUT2D eigenvalue weighted by atomic mass is 10.4. The highest BCUT2D eigenvalue weighted by Gasteiger charge is 2.31. The van der Waals surface area contributed by atoms with Crippen molar-refractivity contribution in [2.75, 3.05) is 36.2 Å². The minimum Gasteiger partial charge on any atom is -0.466 e. The minimum atomic E-state index is -0.148. The van der Waals surface area contributed by atoms with Gasteiger partial charge >= 0.3 is 11.9 Å². The topological polar surface area (TPSA) is 52.6 Å². The summed E-state index contributed by atoms with van der Waals surface area (Å²) in [4.78, 5) is 23.6. The third kappa shape index (κ3) is 12.4. The molecule has 0 radical (unpaired) electrons. The van der Waals surface area contributed by atoms with Crippen molar-refractivity contribution < 1.29 is 19.1 Å². The van der Waals surface area contributed by atoms with Gasteiger partial charge in [0.05, 0.1) is 51.5 Å². The second-order valence-corrected chi connectivity index (χ2v) is 17.4. The molecule has 0 fully saturated rings. The van der Waals surface area contributed by atoms with Crippen LogP contribution in [0.25, 0.3) is 0 Å². The molecule has 0 saturated heterocycles. The van der Waals surface area contributed by atoms with Crippen molar-refractivity contribution in [2.45, 2.75) is 66.2 Å². The second-order valence-electron chi connectivity index (χ2n) is 7.34. The Bertz CT molecular complexity index is 763. The molecule has 204 valence electrons. The number of hydrogen-bond acceptors (Lipinski definition) is 12. The lowest BCUT2D eigenvalue weighted by Crippen LogP contribution is -2.04. The number of hydrogen-bond donors (Lipinski definition) is 0.